The van der Waals surface area contributed by atoms with Gasteiger partial charge >= 0.3 is 5.97 Å². The average molecular weight is 237 g/mol. The molecule has 1 aromatic heterocycles. The van der Waals surface area contributed by atoms with E-state index in [1.54, 1.807) is 6.07 Å². The predicted octanol–water partition coefficient (Wildman–Crippen LogP) is 2.60. The third kappa shape index (κ3) is 2.88. The first-order valence-corrected chi connectivity index (χ1v) is 6.11. The number of furan rings is 1. The summed E-state index contributed by atoms with van der Waals surface area (Å²) in [6.45, 7) is 6.24. The van der Waals surface area contributed by atoms with Gasteiger partial charge in [0.05, 0.1) is 12.1 Å². The molecular formula is C13H19NO3. The zero-order valence-corrected chi connectivity index (χ0v) is 10.3. The summed E-state index contributed by atoms with van der Waals surface area (Å²) in [6, 6.07) is 2.17. The summed E-state index contributed by atoms with van der Waals surface area (Å²) >= 11 is 0. The number of nitrogens with zero attached hydrogens (tertiary/aromatic N) is 1. The van der Waals surface area contributed by atoms with Crippen LogP contribution in [0.1, 0.15) is 42.8 Å². The second kappa shape index (κ2) is 4.92. The van der Waals surface area contributed by atoms with Crippen molar-refractivity contribution in [1.82, 2.24) is 4.90 Å². The molecule has 0 radical (unpaired) electrons. The Kier molecular flexibility index (Phi) is 3.52. The van der Waals surface area contributed by atoms with Crippen molar-refractivity contribution in [3.8, 4) is 0 Å². The molecule has 1 aromatic rings. The Morgan fingerprint density at radius 2 is 2.29 bits per heavy atom. The van der Waals surface area contributed by atoms with Gasteiger partial charge in [-0.05, 0) is 31.7 Å². The summed E-state index contributed by atoms with van der Waals surface area (Å²) in [5, 5.41) is 8.82. The highest BCUT2D eigenvalue weighted by atomic mass is 16.4. The highest BCUT2D eigenvalue weighted by Crippen LogP contribution is 2.23. The summed E-state index contributed by atoms with van der Waals surface area (Å²) < 4.78 is 5.29. The van der Waals surface area contributed by atoms with E-state index < -0.39 is 5.97 Å². The van der Waals surface area contributed by atoms with Gasteiger partial charge in [0.2, 0.25) is 0 Å². The summed E-state index contributed by atoms with van der Waals surface area (Å²) in [5.74, 6) is 0.517. The molecule has 0 bridgehead atoms. The molecule has 1 aliphatic rings. The Hall–Kier alpha value is -1.29. The second-order valence-electron chi connectivity index (χ2n) is 5.07. The Balaban J connectivity index is 2.01. The number of carboxylic acid groups (broad SMARTS) is 1. The fourth-order valence-corrected chi connectivity index (χ4v) is 2.38. The lowest BCUT2D eigenvalue weighted by Crippen LogP contribution is -2.40. The Morgan fingerprint density at radius 3 is 2.94 bits per heavy atom. The van der Waals surface area contributed by atoms with E-state index in [1.165, 1.54) is 19.1 Å². The SMILES string of the molecule is CC1CCC(C)N(Cc2cc(C(=O)O)co2)C1. The third-order valence-corrected chi connectivity index (χ3v) is 3.51. The minimum Gasteiger partial charge on any atom is -0.478 e. The van der Waals surface area contributed by atoms with E-state index in [2.05, 4.69) is 18.7 Å². The molecule has 1 N–H and O–H groups in total. The molecule has 2 unspecified atom stereocenters. The molecule has 94 valence electrons. The monoisotopic (exact) mass is 237 g/mol. The minimum absolute atomic E-state index is 0.234. The maximum atomic E-state index is 10.7. The first-order chi connectivity index (χ1) is 8.06. The number of likely N-dealkylation sites (tertiary alicyclic amines) is 1. The van der Waals surface area contributed by atoms with Gasteiger partial charge in [0.15, 0.2) is 0 Å². The van der Waals surface area contributed by atoms with Crippen LogP contribution in [0.3, 0.4) is 0 Å². The minimum atomic E-state index is -0.930. The smallest absolute Gasteiger partial charge is 0.338 e. The van der Waals surface area contributed by atoms with E-state index in [0.717, 1.165) is 12.3 Å². The molecule has 2 heterocycles. The number of piperidine rings is 1. The van der Waals surface area contributed by atoms with Crippen LogP contribution in [-0.4, -0.2) is 28.6 Å². The van der Waals surface area contributed by atoms with E-state index in [0.29, 0.717) is 18.5 Å². The summed E-state index contributed by atoms with van der Waals surface area (Å²) in [7, 11) is 0. The standard InChI is InChI=1S/C13H19NO3/c1-9-3-4-10(2)14(6-9)7-12-5-11(8-17-12)13(15)16/h5,8-10H,3-4,6-7H2,1-2H3,(H,15,16). The van der Waals surface area contributed by atoms with Crippen molar-refractivity contribution in [1.29, 1.82) is 0 Å². The van der Waals surface area contributed by atoms with Crippen molar-refractivity contribution in [2.75, 3.05) is 6.54 Å². The van der Waals surface area contributed by atoms with Crippen molar-refractivity contribution in [2.24, 2.45) is 5.92 Å². The van der Waals surface area contributed by atoms with Crippen LogP contribution in [-0.2, 0) is 6.54 Å². The maximum Gasteiger partial charge on any atom is 0.338 e. The molecule has 0 saturated carbocycles. The van der Waals surface area contributed by atoms with Gasteiger partial charge in [0.1, 0.15) is 12.0 Å². The van der Waals surface area contributed by atoms with Crippen molar-refractivity contribution in [3.05, 3.63) is 23.7 Å². The molecule has 0 amide bonds. The number of hydrogen-bond acceptors (Lipinski definition) is 3. The zero-order valence-electron chi connectivity index (χ0n) is 10.3. The molecule has 1 aliphatic heterocycles. The lowest BCUT2D eigenvalue weighted by molar-refractivity contribution is 0.0696. The van der Waals surface area contributed by atoms with Crippen LogP contribution < -0.4 is 0 Å². The van der Waals surface area contributed by atoms with Crippen LogP contribution in [0, 0.1) is 5.92 Å². The molecule has 4 heteroatoms. The lowest BCUT2D eigenvalue weighted by Gasteiger charge is -2.36. The fourth-order valence-electron chi connectivity index (χ4n) is 2.38. The van der Waals surface area contributed by atoms with Crippen molar-refractivity contribution in [2.45, 2.75) is 39.3 Å². The van der Waals surface area contributed by atoms with Gasteiger partial charge in [-0.3, -0.25) is 4.90 Å². The number of rotatable bonds is 3. The largest absolute Gasteiger partial charge is 0.478 e. The van der Waals surface area contributed by atoms with Crippen LogP contribution in [0.5, 0.6) is 0 Å². The number of hydrogen-bond donors (Lipinski definition) is 1. The van der Waals surface area contributed by atoms with Crippen LogP contribution in [0.2, 0.25) is 0 Å². The van der Waals surface area contributed by atoms with Crippen LogP contribution in [0.4, 0.5) is 0 Å². The summed E-state index contributed by atoms with van der Waals surface area (Å²) in [5.41, 5.74) is 0.234. The van der Waals surface area contributed by atoms with E-state index in [4.69, 9.17) is 9.52 Å². The van der Waals surface area contributed by atoms with Gasteiger partial charge in [0.25, 0.3) is 0 Å². The highest BCUT2D eigenvalue weighted by molar-refractivity contribution is 5.87. The topological polar surface area (TPSA) is 53.7 Å². The van der Waals surface area contributed by atoms with Crippen LogP contribution in [0.25, 0.3) is 0 Å². The molecule has 0 aromatic carbocycles. The van der Waals surface area contributed by atoms with E-state index in [-0.39, 0.29) is 5.56 Å². The molecule has 17 heavy (non-hydrogen) atoms. The van der Waals surface area contributed by atoms with Crippen molar-refractivity contribution in [3.63, 3.8) is 0 Å². The number of carboxylic acids is 1. The van der Waals surface area contributed by atoms with E-state index in [9.17, 15) is 4.79 Å². The molecule has 1 fully saturated rings. The van der Waals surface area contributed by atoms with Crippen LogP contribution >= 0.6 is 0 Å². The van der Waals surface area contributed by atoms with Crippen molar-refractivity contribution < 1.29 is 14.3 Å². The van der Waals surface area contributed by atoms with Gasteiger partial charge < -0.3 is 9.52 Å². The van der Waals surface area contributed by atoms with Gasteiger partial charge in [-0.15, -0.1) is 0 Å². The van der Waals surface area contributed by atoms with Gasteiger partial charge in [-0.2, -0.15) is 0 Å². The Bertz CT molecular complexity index is 399. The lowest BCUT2D eigenvalue weighted by atomic mass is 9.95. The summed E-state index contributed by atoms with van der Waals surface area (Å²) in [4.78, 5) is 13.1. The average Bonchev–Trinajstić information content (AvgIpc) is 2.72. The molecule has 1 saturated heterocycles. The summed E-state index contributed by atoms with van der Waals surface area (Å²) in [6.07, 6.45) is 3.79. The first kappa shape index (κ1) is 12.2. The molecular weight excluding hydrogens is 218 g/mol. The first-order valence-electron chi connectivity index (χ1n) is 6.11. The predicted molar refractivity (Wildman–Crippen MR) is 63.9 cm³/mol. The zero-order chi connectivity index (χ0) is 12.4. The molecule has 2 rings (SSSR count). The highest BCUT2D eigenvalue weighted by Gasteiger charge is 2.23. The van der Waals surface area contributed by atoms with Gasteiger partial charge in [-0.1, -0.05) is 6.92 Å². The number of carbonyl (C=O) groups is 1. The van der Waals surface area contributed by atoms with E-state index in [1.807, 2.05) is 0 Å². The number of aromatic carboxylic acids is 1. The van der Waals surface area contributed by atoms with Crippen molar-refractivity contribution >= 4 is 5.97 Å². The molecule has 0 spiro atoms. The molecule has 4 nitrogen and oxygen atoms in total. The third-order valence-electron chi connectivity index (χ3n) is 3.51. The maximum absolute atomic E-state index is 10.7. The molecule has 2 atom stereocenters. The Morgan fingerprint density at radius 1 is 1.53 bits per heavy atom. The second-order valence-corrected chi connectivity index (χ2v) is 5.07. The van der Waals surface area contributed by atoms with Gasteiger partial charge in [0, 0.05) is 12.6 Å². The molecule has 0 aliphatic carbocycles. The Labute approximate surface area is 101 Å². The van der Waals surface area contributed by atoms with Crippen LogP contribution in [0.15, 0.2) is 16.7 Å². The normalized spacial score (nSPS) is 26.0. The quantitative estimate of drug-likeness (QED) is 0.878. The van der Waals surface area contributed by atoms with E-state index >= 15 is 0 Å². The van der Waals surface area contributed by atoms with Gasteiger partial charge in [-0.25, -0.2) is 4.79 Å². The fraction of sp³-hybridized carbons (Fsp3) is 0.615.